The summed E-state index contributed by atoms with van der Waals surface area (Å²) in [6.07, 6.45) is 0. The molecule has 0 bridgehead atoms. The summed E-state index contributed by atoms with van der Waals surface area (Å²) in [6, 6.07) is 8.12. The smallest absolute Gasteiger partial charge is 0.137 e. The molecule has 0 spiro atoms. The van der Waals surface area contributed by atoms with Crippen molar-refractivity contribution in [2.24, 2.45) is 5.73 Å². The van der Waals surface area contributed by atoms with Crippen LogP contribution in [-0.2, 0) is 0 Å². The van der Waals surface area contributed by atoms with E-state index in [2.05, 4.69) is 15.9 Å². The van der Waals surface area contributed by atoms with E-state index in [-0.39, 0.29) is 10.0 Å². The third-order valence-corrected chi connectivity index (χ3v) is 3.46. The van der Waals surface area contributed by atoms with E-state index in [4.69, 9.17) is 17.3 Å². The molecule has 0 amide bonds. The maximum Gasteiger partial charge on any atom is 0.137 e. The van der Waals surface area contributed by atoms with Gasteiger partial charge in [-0.05, 0) is 45.8 Å². The van der Waals surface area contributed by atoms with Crippen LogP contribution in [0.3, 0.4) is 0 Å². The molecule has 0 aliphatic carbocycles. The minimum atomic E-state index is -0.732. The maximum atomic E-state index is 13.7. The largest absolute Gasteiger partial charge is 0.320 e. The van der Waals surface area contributed by atoms with Gasteiger partial charge in [-0.2, -0.15) is 0 Å². The Bertz CT molecular complexity index is 572. The van der Waals surface area contributed by atoms with Crippen LogP contribution in [0.4, 0.5) is 8.78 Å². The van der Waals surface area contributed by atoms with Crippen molar-refractivity contribution < 1.29 is 8.78 Å². The zero-order valence-electron chi connectivity index (χ0n) is 9.13. The zero-order valence-corrected chi connectivity index (χ0v) is 11.5. The summed E-state index contributed by atoms with van der Waals surface area (Å²) >= 11 is 8.68. The highest BCUT2D eigenvalue weighted by molar-refractivity contribution is 9.10. The highest BCUT2D eigenvalue weighted by Gasteiger charge is 2.16. The first-order chi connectivity index (χ1) is 8.49. The van der Waals surface area contributed by atoms with Gasteiger partial charge in [-0.3, -0.25) is 0 Å². The van der Waals surface area contributed by atoms with E-state index in [0.717, 1.165) is 12.1 Å². The van der Waals surface area contributed by atoms with Gasteiger partial charge >= 0.3 is 0 Å². The van der Waals surface area contributed by atoms with Crippen molar-refractivity contribution in [3.05, 3.63) is 68.7 Å². The van der Waals surface area contributed by atoms with Crippen molar-refractivity contribution in [3.8, 4) is 0 Å². The van der Waals surface area contributed by atoms with Crippen LogP contribution in [-0.4, -0.2) is 0 Å². The van der Waals surface area contributed by atoms with E-state index in [9.17, 15) is 8.78 Å². The molecule has 1 unspecified atom stereocenters. The molecule has 2 aromatic carbocycles. The molecule has 18 heavy (non-hydrogen) atoms. The number of nitrogens with two attached hydrogens (primary N) is 1. The topological polar surface area (TPSA) is 26.0 Å². The Balaban J connectivity index is 2.42. The number of benzene rings is 2. The standard InChI is InChI=1S/C13H9BrClF2N/c14-10-6-11(16)9(5-12(10)17)13(18)7-1-3-8(15)4-2-7/h1-6,13H,18H2. The summed E-state index contributed by atoms with van der Waals surface area (Å²) < 4.78 is 27.2. The van der Waals surface area contributed by atoms with Crippen LogP contribution in [0.15, 0.2) is 40.9 Å². The SMILES string of the molecule is NC(c1ccc(Cl)cc1)c1cc(F)c(Br)cc1F. The summed E-state index contributed by atoms with van der Waals surface area (Å²) in [7, 11) is 0. The van der Waals surface area contributed by atoms with Gasteiger partial charge in [-0.25, -0.2) is 8.78 Å². The summed E-state index contributed by atoms with van der Waals surface area (Å²) in [5, 5.41) is 0.563. The molecular formula is C13H9BrClF2N. The molecule has 0 aliphatic rings. The monoisotopic (exact) mass is 331 g/mol. The highest BCUT2D eigenvalue weighted by atomic mass is 79.9. The fraction of sp³-hybridized carbons (Fsp3) is 0.0769. The molecule has 0 heterocycles. The molecule has 2 N–H and O–H groups in total. The first-order valence-electron chi connectivity index (χ1n) is 5.14. The maximum absolute atomic E-state index is 13.7. The van der Waals surface area contributed by atoms with Gasteiger partial charge in [-0.15, -0.1) is 0 Å². The molecule has 1 atom stereocenters. The molecule has 2 aromatic rings. The molecular weight excluding hydrogens is 324 g/mol. The Morgan fingerprint density at radius 2 is 1.67 bits per heavy atom. The van der Waals surface area contributed by atoms with Crippen molar-refractivity contribution in [3.63, 3.8) is 0 Å². The normalized spacial score (nSPS) is 12.5. The van der Waals surface area contributed by atoms with Crippen LogP contribution in [0, 0.1) is 11.6 Å². The Kier molecular flexibility index (Phi) is 4.00. The second-order valence-corrected chi connectivity index (χ2v) is 5.11. The average molecular weight is 333 g/mol. The van der Waals surface area contributed by atoms with Gasteiger partial charge in [0.25, 0.3) is 0 Å². The lowest BCUT2D eigenvalue weighted by Crippen LogP contribution is -2.14. The summed E-state index contributed by atoms with van der Waals surface area (Å²) in [5.74, 6) is -1.10. The predicted molar refractivity (Wildman–Crippen MR) is 71.5 cm³/mol. The van der Waals surface area contributed by atoms with Crippen LogP contribution < -0.4 is 5.73 Å². The number of halogens is 4. The third kappa shape index (κ3) is 2.71. The molecule has 0 saturated heterocycles. The second kappa shape index (κ2) is 5.34. The number of hydrogen-bond acceptors (Lipinski definition) is 1. The summed E-state index contributed by atoms with van der Waals surface area (Å²) in [6.45, 7) is 0. The van der Waals surface area contributed by atoms with Gasteiger partial charge in [-0.1, -0.05) is 23.7 Å². The lowest BCUT2D eigenvalue weighted by molar-refractivity contribution is 0.572. The molecule has 0 fully saturated rings. The molecule has 2 rings (SSSR count). The Labute approximate surface area is 117 Å². The first-order valence-corrected chi connectivity index (χ1v) is 6.31. The van der Waals surface area contributed by atoms with Gasteiger partial charge in [0, 0.05) is 10.6 Å². The average Bonchev–Trinajstić information content (AvgIpc) is 2.34. The molecule has 1 nitrogen and oxygen atoms in total. The van der Waals surface area contributed by atoms with E-state index >= 15 is 0 Å². The van der Waals surface area contributed by atoms with Crippen LogP contribution in [0.25, 0.3) is 0 Å². The van der Waals surface area contributed by atoms with Crippen molar-refractivity contribution in [1.82, 2.24) is 0 Å². The Morgan fingerprint density at radius 3 is 2.28 bits per heavy atom. The van der Waals surface area contributed by atoms with Crippen LogP contribution in [0.2, 0.25) is 5.02 Å². The quantitative estimate of drug-likeness (QED) is 0.809. The summed E-state index contributed by atoms with van der Waals surface area (Å²) in [5.41, 5.74) is 6.70. The van der Waals surface area contributed by atoms with E-state index in [1.54, 1.807) is 24.3 Å². The molecule has 94 valence electrons. The molecule has 5 heteroatoms. The fourth-order valence-corrected chi connectivity index (χ4v) is 2.07. The highest BCUT2D eigenvalue weighted by Crippen LogP contribution is 2.27. The van der Waals surface area contributed by atoms with Gasteiger partial charge in [0.1, 0.15) is 11.6 Å². The Hall–Kier alpha value is -0.970. The van der Waals surface area contributed by atoms with Gasteiger partial charge < -0.3 is 5.73 Å². The van der Waals surface area contributed by atoms with Gasteiger partial charge in [0.15, 0.2) is 0 Å². The van der Waals surface area contributed by atoms with Crippen LogP contribution in [0.1, 0.15) is 17.2 Å². The van der Waals surface area contributed by atoms with Crippen molar-refractivity contribution in [2.45, 2.75) is 6.04 Å². The minimum Gasteiger partial charge on any atom is -0.320 e. The molecule has 0 radical (unpaired) electrons. The predicted octanol–water partition coefficient (Wildman–Crippen LogP) is 4.43. The first kappa shape index (κ1) is 13.5. The van der Waals surface area contributed by atoms with E-state index < -0.39 is 17.7 Å². The molecule has 0 aliphatic heterocycles. The van der Waals surface area contributed by atoms with E-state index in [0.29, 0.717) is 10.6 Å². The van der Waals surface area contributed by atoms with Crippen molar-refractivity contribution >= 4 is 27.5 Å². The molecule has 0 aromatic heterocycles. The van der Waals surface area contributed by atoms with Gasteiger partial charge in [0.2, 0.25) is 0 Å². The number of hydrogen-bond donors (Lipinski definition) is 1. The Morgan fingerprint density at radius 1 is 1.06 bits per heavy atom. The fourth-order valence-electron chi connectivity index (χ4n) is 1.63. The van der Waals surface area contributed by atoms with Crippen LogP contribution in [0.5, 0.6) is 0 Å². The van der Waals surface area contributed by atoms with Crippen LogP contribution >= 0.6 is 27.5 Å². The third-order valence-electron chi connectivity index (χ3n) is 2.60. The van der Waals surface area contributed by atoms with E-state index in [1.807, 2.05) is 0 Å². The summed E-state index contributed by atoms with van der Waals surface area (Å²) in [4.78, 5) is 0. The van der Waals surface area contributed by atoms with Crippen molar-refractivity contribution in [2.75, 3.05) is 0 Å². The lowest BCUT2D eigenvalue weighted by atomic mass is 9.99. The zero-order chi connectivity index (χ0) is 13.3. The molecule has 0 saturated carbocycles. The minimum absolute atomic E-state index is 0.0760. The number of rotatable bonds is 2. The van der Waals surface area contributed by atoms with Gasteiger partial charge in [0.05, 0.1) is 10.5 Å². The van der Waals surface area contributed by atoms with E-state index in [1.165, 1.54) is 0 Å². The lowest BCUT2D eigenvalue weighted by Gasteiger charge is -2.14. The second-order valence-electron chi connectivity index (χ2n) is 3.82. The van der Waals surface area contributed by atoms with Crippen molar-refractivity contribution in [1.29, 1.82) is 0 Å².